The first-order chi connectivity index (χ1) is 34.5. The maximum Gasteiger partial charge on any atom is 0.306 e. The number of carbonyl (C=O) groups is 3. The number of carbonyl (C=O) groups excluding carboxylic acids is 3. The van der Waals surface area contributed by atoms with Gasteiger partial charge in [0.1, 0.15) is 13.2 Å². The Balaban J connectivity index is 4.47. The average Bonchev–Trinajstić information content (AvgIpc) is 3.36. The van der Waals surface area contributed by atoms with Crippen LogP contribution >= 0.6 is 0 Å². The molecule has 6 nitrogen and oxygen atoms in total. The molecule has 6 heteroatoms. The van der Waals surface area contributed by atoms with Crippen LogP contribution in [-0.4, -0.2) is 37.2 Å². The second kappa shape index (κ2) is 58.2. The highest BCUT2D eigenvalue weighted by Gasteiger charge is 2.19. The molecule has 0 aliphatic heterocycles. The van der Waals surface area contributed by atoms with E-state index in [1.54, 1.807) is 0 Å². The highest BCUT2D eigenvalue weighted by atomic mass is 16.6. The fourth-order valence-electron chi connectivity index (χ4n) is 8.17. The van der Waals surface area contributed by atoms with Gasteiger partial charge >= 0.3 is 17.9 Å². The predicted octanol–water partition coefficient (Wildman–Crippen LogP) is 19.9. The summed E-state index contributed by atoms with van der Waals surface area (Å²) in [7, 11) is 0. The Labute approximate surface area is 433 Å². The van der Waals surface area contributed by atoms with E-state index in [0.29, 0.717) is 19.3 Å². The molecule has 0 rings (SSSR count). The fourth-order valence-corrected chi connectivity index (χ4v) is 8.17. The van der Waals surface area contributed by atoms with Gasteiger partial charge in [-0.1, -0.05) is 241 Å². The first-order valence-electron chi connectivity index (χ1n) is 29.6. The molecule has 402 valence electrons. The zero-order valence-corrected chi connectivity index (χ0v) is 46.0. The minimum Gasteiger partial charge on any atom is -0.462 e. The Morgan fingerprint density at radius 2 is 0.571 bits per heavy atom. The maximum absolute atomic E-state index is 12.8. The summed E-state index contributed by atoms with van der Waals surface area (Å²) in [6, 6.07) is 0. The molecule has 0 N–H and O–H groups in total. The van der Waals surface area contributed by atoms with E-state index in [1.165, 1.54) is 154 Å². The molecular formula is C64H110O6. The Hall–Kier alpha value is -3.41. The molecule has 0 amide bonds. The summed E-state index contributed by atoms with van der Waals surface area (Å²) < 4.78 is 16.8. The summed E-state index contributed by atoms with van der Waals surface area (Å²) in [4.78, 5) is 38.2. The summed E-state index contributed by atoms with van der Waals surface area (Å²) >= 11 is 0. The fraction of sp³-hybridized carbons (Fsp3) is 0.734. The van der Waals surface area contributed by atoms with Gasteiger partial charge in [0.15, 0.2) is 6.10 Å². The standard InChI is InChI=1S/C64H110O6/c1-4-7-10-13-16-19-22-25-28-31-32-34-36-39-42-45-48-51-54-57-63(66)69-60-61(59-68-62(65)56-53-50-47-44-41-38-35-30-27-24-21-18-15-12-9-6-3)70-64(67)58-55-52-49-46-43-40-37-33-29-26-23-20-17-14-11-8-5-2/h8,11,17,20,26,29-32,35,37,40,46,49,61H,4-7,9-10,12-16,18-19,21-25,27-28,33-34,36,38-39,41-45,47-48,50-60H2,1-3H3/b11-8-,20-17-,29-26-,32-31-,35-30-,40-37-,49-46-. The Morgan fingerprint density at radius 3 is 0.929 bits per heavy atom. The summed E-state index contributed by atoms with van der Waals surface area (Å²) in [5, 5.41) is 0. The van der Waals surface area contributed by atoms with Crippen molar-refractivity contribution in [3.05, 3.63) is 85.1 Å². The van der Waals surface area contributed by atoms with Crippen LogP contribution in [0.1, 0.15) is 284 Å². The molecule has 0 aromatic carbocycles. The molecule has 0 saturated heterocycles. The van der Waals surface area contributed by atoms with Crippen molar-refractivity contribution in [2.24, 2.45) is 0 Å². The monoisotopic (exact) mass is 975 g/mol. The van der Waals surface area contributed by atoms with Crippen LogP contribution in [0.15, 0.2) is 85.1 Å². The molecule has 0 fully saturated rings. The van der Waals surface area contributed by atoms with E-state index in [9.17, 15) is 14.4 Å². The van der Waals surface area contributed by atoms with Gasteiger partial charge in [-0.3, -0.25) is 14.4 Å². The largest absolute Gasteiger partial charge is 0.462 e. The molecule has 0 aliphatic carbocycles. The van der Waals surface area contributed by atoms with Gasteiger partial charge < -0.3 is 14.2 Å². The van der Waals surface area contributed by atoms with E-state index in [4.69, 9.17) is 14.2 Å². The van der Waals surface area contributed by atoms with Crippen molar-refractivity contribution in [2.75, 3.05) is 13.2 Å². The highest BCUT2D eigenvalue weighted by molar-refractivity contribution is 5.71. The second-order valence-electron chi connectivity index (χ2n) is 19.5. The predicted molar refractivity (Wildman–Crippen MR) is 302 cm³/mol. The first kappa shape index (κ1) is 66.6. The normalized spacial score (nSPS) is 12.7. The van der Waals surface area contributed by atoms with Crippen LogP contribution < -0.4 is 0 Å². The van der Waals surface area contributed by atoms with E-state index < -0.39 is 6.10 Å². The van der Waals surface area contributed by atoms with Crippen molar-refractivity contribution in [2.45, 2.75) is 290 Å². The lowest BCUT2D eigenvalue weighted by atomic mass is 10.1. The molecule has 0 bridgehead atoms. The van der Waals surface area contributed by atoms with Gasteiger partial charge in [0.25, 0.3) is 0 Å². The number of hydrogen-bond acceptors (Lipinski definition) is 6. The molecule has 0 saturated carbocycles. The molecule has 1 unspecified atom stereocenters. The van der Waals surface area contributed by atoms with Crippen LogP contribution in [0, 0.1) is 0 Å². The van der Waals surface area contributed by atoms with Gasteiger partial charge in [-0.25, -0.2) is 0 Å². The molecule has 0 aromatic rings. The topological polar surface area (TPSA) is 78.9 Å². The molecule has 0 aromatic heterocycles. The van der Waals surface area contributed by atoms with Gasteiger partial charge in [-0.2, -0.15) is 0 Å². The Kier molecular flexibility index (Phi) is 55.3. The van der Waals surface area contributed by atoms with Crippen LogP contribution in [0.5, 0.6) is 0 Å². The second-order valence-corrected chi connectivity index (χ2v) is 19.5. The van der Waals surface area contributed by atoms with E-state index in [2.05, 4.69) is 106 Å². The third-order valence-corrected chi connectivity index (χ3v) is 12.6. The lowest BCUT2D eigenvalue weighted by Crippen LogP contribution is -2.30. The van der Waals surface area contributed by atoms with E-state index in [-0.39, 0.29) is 37.5 Å². The summed E-state index contributed by atoms with van der Waals surface area (Å²) in [5.41, 5.74) is 0. The third-order valence-electron chi connectivity index (χ3n) is 12.6. The van der Waals surface area contributed by atoms with Crippen molar-refractivity contribution in [1.82, 2.24) is 0 Å². The van der Waals surface area contributed by atoms with E-state index in [0.717, 1.165) is 83.5 Å². The third kappa shape index (κ3) is 55.5. The zero-order chi connectivity index (χ0) is 50.7. The molecule has 0 radical (unpaired) electrons. The Bertz CT molecular complexity index is 1350. The minimum absolute atomic E-state index is 0.103. The average molecular weight is 976 g/mol. The summed E-state index contributed by atoms with van der Waals surface area (Å²) in [6.45, 7) is 6.48. The molecule has 0 heterocycles. The van der Waals surface area contributed by atoms with Crippen LogP contribution in [0.25, 0.3) is 0 Å². The van der Waals surface area contributed by atoms with Crippen molar-refractivity contribution in [1.29, 1.82) is 0 Å². The van der Waals surface area contributed by atoms with Crippen molar-refractivity contribution in [3.63, 3.8) is 0 Å². The quantitative estimate of drug-likeness (QED) is 0.0261. The number of esters is 3. The lowest BCUT2D eigenvalue weighted by molar-refractivity contribution is -0.167. The van der Waals surface area contributed by atoms with Crippen LogP contribution in [0.4, 0.5) is 0 Å². The van der Waals surface area contributed by atoms with Gasteiger partial charge in [-0.05, 0) is 109 Å². The Morgan fingerprint density at radius 1 is 0.300 bits per heavy atom. The summed E-state index contributed by atoms with van der Waals surface area (Å²) in [5.74, 6) is -0.968. The van der Waals surface area contributed by atoms with Crippen LogP contribution in [-0.2, 0) is 28.6 Å². The highest BCUT2D eigenvalue weighted by Crippen LogP contribution is 2.15. The minimum atomic E-state index is -0.812. The van der Waals surface area contributed by atoms with Gasteiger partial charge in [-0.15, -0.1) is 0 Å². The zero-order valence-electron chi connectivity index (χ0n) is 46.0. The number of allylic oxidation sites excluding steroid dienone is 14. The number of unbranched alkanes of at least 4 members (excludes halogenated alkanes) is 28. The van der Waals surface area contributed by atoms with Crippen molar-refractivity contribution >= 4 is 17.9 Å². The SMILES string of the molecule is CC/C=C\C/C=C\C/C=C\C/C=C\C/C=C\CCCC(=O)OC(COC(=O)CCCCCCC/C=C\CCCCCCCCC)COC(=O)CCCCCCCCC/C=C\CCCCCCCCCC. The lowest BCUT2D eigenvalue weighted by Gasteiger charge is -2.18. The molecule has 0 aliphatic rings. The molecular weight excluding hydrogens is 865 g/mol. The van der Waals surface area contributed by atoms with Crippen molar-refractivity contribution in [3.8, 4) is 0 Å². The molecule has 1 atom stereocenters. The number of hydrogen-bond donors (Lipinski definition) is 0. The molecule has 0 spiro atoms. The number of ether oxygens (including phenoxy) is 3. The van der Waals surface area contributed by atoms with Crippen molar-refractivity contribution < 1.29 is 28.6 Å². The summed E-state index contributed by atoms with van der Waals surface area (Å²) in [6.07, 6.45) is 75.8. The number of rotatable bonds is 53. The van der Waals surface area contributed by atoms with Crippen LogP contribution in [0.2, 0.25) is 0 Å². The smallest absolute Gasteiger partial charge is 0.306 e. The van der Waals surface area contributed by atoms with E-state index in [1.807, 2.05) is 0 Å². The maximum atomic E-state index is 12.8. The van der Waals surface area contributed by atoms with E-state index >= 15 is 0 Å². The van der Waals surface area contributed by atoms with Gasteiger partial charge in [0.2, 0.25) is 0 Å². The first-order valence-corrected chi connectivity index (χ1v) is 29.6. The van der Waals surface area contributed by atoms with Gasteiger partial charge in [0.05, 0.1) is 0 Å². The van der Waals surface area contributed by atoms with Crippen LogP contribution in [0.3, 0.4) is 0 Å². The van der Waals surface area contributed by atoms with Gasteiger partial charge in [0, 0.05) is 19.3 Å². The molecule has 70 heavy (non-hydrogen) atoms.